The van der Waals surface area contributed by atoms with Crippen molar-refractivity contribution < 1.29 is 9.21 Å². The number of aromatic nitrogens is 2. The van der Waals surface area contributed by atoms with Crippen molar-refractivity contribution in [1.82, 2.24) is 15.1 Å². The van der Waals surface area contributed by atoms with Crippen molar-refractivity contribution in [2.24, 2.45) is 0 Å². The van der Waals surface area contributed by atoms with Gasteiger partial charge >= 0.3 is 0 Å². The summed E-state index contributed by atoms with van der Waals surface area (Å²) in [5.74, 6) is 3.36. The summed E-state index contributed by atoms with van der Waals surface area (Å²) in [6.45, 7) is 1.69. The van der Waals surface area contributed by atoms with Gasteiger partial charge < -0.3 is 9.32 Å². The molecule has 1 fully saturated rings. The quantitative estimate of drug-likeness (QED) is 0.637. The van der Waals surface area contributed by atoms with E-state index < -0.39 is 0 Å². The number of benzene rings is 2. The molecule has 0 radical (unpaired) electrons. The largest absolute Gasteiger partial charge is 0.425 e. The molecule has 1 aliphatic heterocycles. The Morgan fingerprint density at radius 1 is 0.929 bits per heavy atom. The molecule has 4 rings (SSSR count). The Morgan fingerprint density at radius 2 is 1.61 bits per heavy atom. The van der Waals surface area contributed by atoms with E-state index in [1.807, 2.05) is 34.9 Å². The molecule has 0 aliphatic carbocycles. The molecule has 1 aliphatic rings. The van der Waals surface area contributed by atoms with Gasteiger partial charge in [-0.05, 0) is 16.7 Å². The lowest BCUT2D eigenvalue weighted by molar-refractivity contribution is -0.130. The van der Waals surface area contributed by atoms with Gasteiger partial charge in [0.1, 0.15) is 0 Å². The molecule has 1 aromatic heterocycles. The van der Waals surface area contributed by atoms with Crippen LogP contribution in [0.2, 0.25) is 0 Å². The summed E-state index contributed by atoms with van der Waals surface area (Å²) in [6.07, 6.45) is 1.53. The molecule has 0 bridgehead atoms. The first-order valence-corrected chi connectivity index (χ1v) is 10.7. The number of nitrogens with zero attached hydrogens (tertiary/aromatic N) is 3. The van der Waals surface area contributed by atoms with Crippen LogP contribution in [0.1, 0.15) is 23.8 Å². The van der Waals surface area contributed by atoms with Gasteiger partial charge in [-0.1, -0.05) is 54.6 Å². The molecule has 0 spiro atoms. The molecule has 6 heteroatoms. The third kappa shape index (κ3) is 4.81. The van der Waals surface area contributed by atoms with Gasteiger partial charge in [-0.25, -0.2) is 0 Å². The van der Waals surface area contributed by atoms with E-state index >= 15 is 0 Å². The first-order chi connectivity index (χ1) is 13.8. The van der Waals surface area contributed by atoms with Crippen LogP contribution in [0.25, 0.3) is 11.1 Å². The van der Waals surface area contributed by atoms with Crippen LogP contribution >= 0.6 is 11.8 Å². The van der Waals surface area contributed by atoms with Crippen LogP contribution in [0.5, 0.6) is 0 Å². The highest BCUT2D eigenvalue weighted by Crippen LogP contribution is 2.20. The first kappa shape index (κ1) is 18.7. The average molecular weight is 394 g/mol. The number of carbonyl (C=O) groups is 1. The molecular formula is C22H23N3O2S. The average Bonchev–Trinajstić information content (AvgIpc) is 3.21. The fourth-order valence-electron chi connectivity index (χ4n) is 3.27. The molecule has 0 N–H and O–H groups in total. The van der Waals surface area contributed by atoms with Crippen molar-refractivity contribution in [3.05, 3.63) is 71.9 Å². The van der Waals surface area contributed by atoms with Crippen molar-refractivity contribution in [2.75, 3.05) is 24.6 Å². The number of carbonyl (C=O) groups excluding carboxylic acids is 1. The molecule has 1 amide bonds. The third-order valence-corrected chi connectivity index (χ3v) is 5.78. The van der Waals surface area contributed by atoms with Gasteiger partial charge in [0.25, 0.3) is 0 Å². The Labute approximate surface area is 169 Å². The van der Waals surface area contributed by atoms with E-state index in [0.717, 1.165) is 30.2 Å². The predicted molar refractivity (Wildman–Crippen MR) is 111 cm³/mol. The van der Waals surface area contributed by atoms with Gasteiger partial charge in [0.2, 0.25) is 17.7 Å². The summed E-state index contributed by atoms with van der Waals surface area (Å²) in [7, 11) is 0. The van der Waals surface area contributed by atoms with Crippen molar-refractivity contribution in [1.29, 1.82) is 0 Å². The highest BCUT2D eigenvalue weighted by Gasteiger charge is 2.17. The van der Waals surface area contributed by atoms with E-state index in [1.54, 1.807) is 0 Å². The lowest BCUT2D eigenvalue weighted by Gasteiger charge is -2.26. The number of aryl methyl sites for hydroxylation is 1. The van der Waals surface area contributed by atoms with Gasteiger partial charge in [0.05, 0.1) is 6.42 Å². The maximum atomic E-state index is 12.2. The number of hydrogen-bond donors (Lipinski definition) is 0. The molecule has 2 aromatic carbocycles. The van der Waals surface area contributed by atoms with Crippen LogP contribution in [0.3, 0.4) is 0 Å². The van der Waals surface area contributed by atoms with Crippen LogP contribution in [-0.4, -0.2) is 45.6 Å². The zero-order valence-corrected chi connectivity index (χ0v) is 16.5. The minimum atomic E-state index is 0.177. The molecule has 28 heavy (non-hydrogen) atoms. The highest BCUT2D eigenvalue weighted by atomic mass is 32.2. The van der Waals surface area contributed by atoms with Crippen LogP contribution in [0.15, 0.2) is 59.0 Å². The number of thioether (sulfide) groups is 1. The van der Waals surface area contributed by atoms with E-state index in [4.69, 9.17) is 4.42 Å². The highest BCUT2D eigenvalue weighted by molar-refractivity contribution is 7.99. The van der Waals surface area contributed by atoms with Crippen molar-refractivity contribution >= 4 is 17.7 Å². The van der Waals surface area contributed by atoms with E-state index in [1.165, 1.54) is 11.1 Å². The summed E-state index contributed by atoms with van der Waals surface area (Å²) in [5, 5.41) is 8.24. The SMILES string of the molecule is O=C(CCc1nnc(Cc2ccc(-c3ccccc3)cc2)o1)N1CCSCC1. The zero-order valence-electron chi connectivity index (χ0n) is 15.7. The lowest BCUT2D eigenvalue weighted by atomic mass is 10.0. The third-order valence-electron chi connectivity index (χ3n) is 4.84. The second-order valence-electron chi connectivity index (χ2n) is 6.82. The topological polar surface area (TPSA) is 59.2 Å². The van der Waals surface area contributed by atoms with Gasteiger partial charge in [-0.2, -0.15) is 11.8 Å². The molecule has 0 atom stereocenters. The van der Waals surface area contributed by atoms with E-state index in [2.05, 4.69) is 46.6 Å². The van der Waals surface area contributed by atoms with Gasteiger partial charge in [0, 0.05) is 37.4 Å². The van der Waals surface area contributed by atoms with Crippen LogP contribution in [0.4, 0.5) is 0 Å². The molecule has 144 valence electrons. The summed E-state index contributed by atoms with van der Waals surface area (Å²) in [5.41, 5.74) is 3.51. The lowest BCUT2D eigenvalue weighted by Crippen LogP contribution is -2.37. The number of rotatable bonds is 6. The molecule has 5 nitrogen and oxygen atoms in total. The van der Waals surface area contributed by atoms with Crippen LogP contribution in [-0.2, 0) is 17.6 Å². The fraction of sp³-hybridized carbons (Fsp3) is 0.318. The fourth-order valence-corrected chi connectivity index (χ4v) is 4.17. The van der Waals surface area contributed by atoms with Crippen LogP contribution in [0, 0.1) is 0 Å². The summed E-state index contributed by atoms with van der Waals surface area (Å²) in [4.78, 5) is 14.2. The molecule has 1 saturated heterocycles. The Kier molecular flexibility index (Phi) is 6.07. The Hall–Kier alpha value is -2.60. The van der Waals surface area contributed by atoms with Gasteiger partial charge in [-0.15, -0.1) is 10.2 Å². The molecule has 0 saturated carbocycles. The van der Waals surface area contributed by atoms with Crippen molar-refractivity contribution in [3.8, 4) is 11.1 Å². The second-order valence-corrected chi connectivity index (χ2v) is 8.05. The van der Waals surface area contributed by atoms with E-state index in [9.17, 15) is 4.79 Å². The zero-order chi connectivity index (χ0) is 19.2. The summed E-state index contributed by atoms with van der Waals surface area (Å²) < 4.78 is 5.74. The van der Waals surface area contributed by atoms with Gasteiger partial charge in [0.15, 0.2) is 0 Å². The standard InChI is InChI=1S/C22H23N3O2S/c26-22(25-12-14-28-15-13-25)11-10-20-23-24-21(27-20)16-17-6-8-19(9-7-17)18-4-2-1-3-5-18/h1-9H,10-16H2. The molecular weight excluding hydrogens is 370 g/mol. The van der Waals surface area contributed by atoms with Crippen molar-refractivity contribution in [3.63, 3.8) is 0 Å². The Bertz CT molecular complexity index is 903. The maximum absolute atomic E-state index is 12.2. The number of amides is 1. The molecule has 2 heterocycles. The van der Waals surface area contributed by atoms with Gasteiger partial charge in [-0.3, -0.25) is 4.79 Å². The minimum Gasteiger partial charge on any atom is -0.425 e. The summed E-state index contributed by atoms with van der Waals surface area (Å²) in [6, 6.07) is 18.7. The van der Waals surface area contributed by atoms with E-state index in [-0.39, 0.29) is 5.91 Å². The molecule has 3 aromatic rings. The maximum Gasteiger partial charge on any atom is 0.223 e. The van der Waals surface area contributed by atoms with Crippen LogP contribution < -0.4 is 0 Å². The van der Waals surface area contributed by atoms with E-state index in [0.29, 0.717) is 31.0 Å². The summed E-state index contributed by atoms with van der Waals surface area (Å²) >= 11 is 1.90. The molecule has 0 unspecified atom stereocenters. The number of hydrogen-bond acceptors (Lipinski definition) is 5. The minimum absolute atomic E-state index is 0.177. The Morgan fingerprint density at radius 3 is 2.36 bits per heavy atom. The Balaban J connectivity index is 1.31. The first-order valence-electron chi connectivity index (χ1n) is 9.59. The van der Waals surface area contributed by atoms with Crippen molar-refractivity contribution in [2.45, 2.75) is 19.3 Å². The monoisotopic (exact) mass is 393 g/mol. The second kappa shape index (κ2) is 9.06. The smallest absolute Gasteiger partial charge is 0.223 e. The normalized spacial score (nSPS) is 14.2. The predicted octanol–water partition coefficient (Wildman–Crippen LogP) is 3.84.